The van der Waals surface area contributed by atoms with Crippen LogP contribution in [0.15, 0.2) is 34.7 Å². The van der Waals surface area contributed by atoms with Crippen LogP contribution in [0.5, 0.6) is 0 Å². The Kier molecular flexibility index (Phi) is 6.11. The van der Waals surface area contributed by atoms with Crippen molar-refractivity contribution < 1.29 is 17.9 Å². The first-order chi connectivity index (χ1) is 12.5. The average Bonchev–Trinajstić information content (AvgIpc) is 2.68. The number of hydrogen-bond donors (Lipinski definition) is 1. The number of sulfonamides is 1. The molecule has 1 N–H and O–H groups in total. The minimum atomic E-state index is -3.62. The molecule has 0 bridgehead atoms. The second kappa shape index (κ2) is 8.33. The van der Waals surface area contributed by atoms with Gasteiger partial charge in [-0.2, -0.15) is 4.31 Å². The number of hydrogen-bond acceptors (Lipinski definition) is 4. The summed E-state index contributed by atoms with van der Waals surface area (Å²) in [4.78, 5) is 12.7. The van der Waals surface area contributed by atoms with Crippen LogP contribution >= 0.6 is 0 Å². The Labute approximate surface area is 155 Å². The molecule has 1 heterocycles. The molecule has 0 unspecified atom stereocenters. The third kappa shape index (κ3) is 4.34. The zero-order valence-electron chi connectivity index (χ0n) is 15.2. The SMILES string of the molecule is Cc1ccc(C(=O)NCC2=CCCCC2)cc1S(=O)(=O)N1CCOCC1. The summed E-state index contributed by atoms with van der Waals surface area (Å²) in [7, 11) is -3.62. The zero-order chi connectivity index (χ0) is 18.6. The molecule has 0 saturated carbocycles. The summed E-state index contributed by atoms with van der Waals surface area (Å²) in [6, 6.07) is 4.87. The van der Waals surface area contributed by atoms with Crippen molar-refractivity contribution in [3.63, 3.8) is 0 Å². The fraction of sp³-hybridized carbons (Fsp3) is 0.526. The van der Waals surface area contributed by atoms with Crippen LogP contribution in [0, 0.1) is 6.92 Å². The van der Waals surface area contributed by atoms with Crippen LogP contribution in [0.1, 0.15) is 41.6 Å². The van der Waals surface area contributed by atoms with Crippen LogP contribution in [0.4, 0.5) is 0 Å². The molecule has 2 aliphatic rings. The molecular weight excluding hydrogens is 352 g/mol. The van der Waals surface area contributed by atoms with Crippen molar-refractivity contribution in [3.05, 3.63) is 41.0 Å². The molecule has 0 spiro atoms. The van der Waals surface area contributed by atoms with Crippen LogP contribution in [-0.2, 0) is 14.8 Å². The summed E-state index contributed by atoms with van der Waals surface area (Å²) in [6.45, 7) is 3.75. The van der Waals surface area contributed by atoms with E-state index >= 15 is 0 Å². The van der Waals surface area contributed by atoms with Gasteiger partial charge in [-0.3, -0.25) is 4.79 Å². The van der Waals surface area contributed by atoms with E-state index < -0.39 is 10.0 Å². The molecule has 0 atom stereocenters. The molecule has 1 aromatic rings. The first-order valence-electron chi connectivity index (χ1n) is 9.13. The van der Waals surface area contributed by atoms with Crippen molar-refractivity contribution >= 4 is 15.9 Å². The number of amides is 1. The Morgan fingerprint density at radius 1 is 1.23 bits per heavy atom. The van der Waals surface area contributed by atoms with Crippen LogP contribution in [0.3, 0.4) is 0 Å². The van der Waals surface area contributed by atoms with E-state index in [-0.39, 0.29) is 10.8 Å². The molecule has 1 aromatic carbocycles. The van der Waals surface area contributed by atoms with E-state index in [0.717, 1.165) is 19.3 Å². The smallest absolute Gasteiger partial charge is 0.251 e. The minimum absolute atomic E-state index is 0.198. The third-order valence-electron chi connectivity index (χ3n) is 4.90. The van der Waals surface area contributed by atoms with E-state index in [1.54, 1.807) is 19.1 Å². The lowest BCUT2D eigenvalue weighted by Crippen LogP contribution is -2.41. The second-order valence-corrected chi connectivity index (χ2v) is 8.69. The van der Waals surface area contributed by atoms with E-state index in [4.69, 9.17) is 4.74 Å². The summed E-state index contributed by atoms with van der Waals surface area (Å²) in [6.07, 6.45) is 6.64. The molecule has 3 rings (SSSR count). The third-order valence-corrected chi connectivity index (χ3v) is 6.94. The predicted molar refractivity (Wildman–Crippen MR) is 99.6 cm³/mol. The van der Waals surface area contributed by atoms with Crippen molar-refractivity contribution in [1.29, 1.82) is 0 Å². The number of benzene rings is 1. The zero-order valence-corrected chi connectivity index (χ0v) is 16.0. The Balaban J connectivity index is 1.76. The van der Waals surface area contributed by atoms with Gasteiger partial charge in [0, 0.05) is 25.2 Å². The van der Waals surface area contributed by atoms with Gasteiger partial charge in [0.25, 0.3) is 5.91 Å². The summed E-state index contributed by atoms with van der Waals surface area (Å²) < 4.78 is 32.5. The number of ether oxygens (including phenoxy) is 1. The average molecular weight is 378 g/mol. The molecule has 0 aromatic heterocycles. The Bertz CT molecular complexity index is 796. The molecule has 6 nitrogen and oxygen atoms in total. The molecule has 1 saturated heterocycles. The quantitative estimate of drug-likeness (QED) is 0.798. The summed E-state index contributed by atoms with van der Waals surface area (Å²) in [5.41, 5.74) is 2.26. The topological polar surface area (TPSA) is 75.7 Å². The van der Waals surface area contributed by atoms with Gasteiger partial charge < -0.3 is 10.1 Å². The van der Waals surface area contributed by atoms with Gasteiger partial charge in [0.15, 0.2) is 0 Å². The lowest BCUT2D eigenvalue weighted by atomic mass is 9.99. The maximum atomic E-state index is 12.9. The number of nitrogens with one attached hydrogen (secondary N) is 1. The van der Waals surface area contributed by atoms with Crippen molar-refractivity contribution in [1.82, 2.24) is 9.62 Å². The summed E-state index contributed by atoms with van der Waals surface area (Å²) in [5.74, 6) is -0.241. The largest absolute Gasteiger partial charge is 0.379 e. The van der Waals surface area contributed by atoms with E-state index in [2.05, 4.69) is 11.4 Å². The number of allylic oxidation sites excluding steroid dienone is 1. The lowest BCUT2D eigenvalue weighted by Gasteiger charge is -2.26. The van der Waals surface area contributed by atoms with Crippen molar-refractivity contribution in [3.8, 4) is 0 Å². The monoisotopic (exact) mass is 378 g/mol. The first kappa shape index (κ1) is 19.1. The Hall–Kier alpha value is -1.70. The van der Waals surface area contributed by atoms with Crippen LogP contribution in [0.2, 0.25) is 0 Å². The normalized spacial score (nSPS) is 19.0. The van der Waals surface area contributed by atoms with E-state index in [0.29, 0.717) is 44.0 Å². The Morgan fingerprint density at radius 2 is 2.00 bits per heavy atom. The molecule has 1 aliphatic heterocycles. The molecule has 26 heavy (non-hydrogen) atoms. The fourth-order valence-electron chi connectivity index (χ4n) is 3.31. The highest BCUT2D eigenvalue weighted by molar-refractivity contribution is 7.89. The minimum Gasteiger partial charge on any atom is -0.379 e. The molecule has 7 heteroatoms. The predicted octanol–water partition coefficient (Wildman–Crippen LogP) is 2.25. The van der Waals surface area contributed by atoms with Crippen LogP contribution in [0.25, 0.3) is 0 Å². The maximum absolute atomic E-state index is 12.9. The van der Waals surface area contributed by atoms with E-state index in [1.807, 2.05) is 0 Å². The highest BCUT2D eigenvalue weighted by Crippen LogP contribution is 2.22. The number of rotatable bonds is 5. The molecule has 1 aliphatic carbocycles. The molecule has 1 amide bonds. The number of carbonyl (C=O) groups excluding carboxylic acids is 1. The summed E-state index contributed by atoms with van der Waals surface area (Å²) in [5, 5.41) is 2.91. The molecule has 142 valence electrons. The van der Waals surface area contributed by atoms with Crippen molar-refractivity contribution in [2.75, 3.05) is 32.8 Å². The van der Waals surface area contributed by atoms with Crippen LogP contribution < -0.4 is 5.32 Å². The van der Waals surface area contributed by atoms with Crippen molar-refractivity contribution in [2.45, 2.75) is 37.5 Å². The standard InChI is InChI=1S/C19H26N2O4S/c1-15-7-8-17(19(22)20-14-16-5-3-2-4-6-16)13-18(15)26(23,24)21-9-11-25-12-10-21/h5,7-8,13H,2-4,6,9-12,14H2,1H3,(H,20,22). The summed E-state index contributed by atoms with van der Waals surface area (Å²) >= 11 is 0. The van der Waals surface area contributed by atoms with Gasteiger partial charge in [0.05, 0.1) is 18.1 Å². The van der Waals surface area contributed by atoms with Gasteiger partial charge in [-0.25, -0.2) is 8.42 Å². The first-order valence-corrected chi connectivity index (χ1v) is 10.6. The maximum Gasteiger partial charge on any atom is 0.251 e. The number of aryl methyl sites for hydroxylation is 1. The number of nitrogens with zero attached hydrogens (tertiary/aromatic N) is 1. The number of morpholine rings is 1. The molecule has 1 fully saturated rings. The van der Waals surface area contributed by atoms with E-state index in [1.165, 1.54) is 22.4 Å². The highest BCUT2D eigenvalue weighted by Gasteiger charge is 2.28. The second-order valence-electron chi connectivity index (χ2n) is 6.79. The fourth-order valence-corrected chi connectivity index (χ4v) is 4.97. The number of carbonyl (C=O) groups is 1. The van der Waals surface area contributed by atoms with Crippen molar-refractivity contribution in [2.24, 2.45) is 0 Å². The van der Waals surface area contributed by atoms with E-state index in [9.17, 15) is 13.2 Å². The van der Waals surface area contributed by atoms with Gasteiger partial charge in [-0.15, -0.1) is 0 Å². The molecule has 0 radical (unpaired) electrons. The van der Waals surface area contributed by atoms with Gasteiger partial charge >= 0.3 is 0 Å². The lowest BCUT2D eigenvalue weighted by molar-refractivity contribution is 0.0730. The molecular formula is C19H26N2O4S. The van der Waals surface area contributed by atoms with Gasteiger partial charge in [-0.05, 0) is 50.3 Å². The Morgan fingerprint density at radius 3 is 2.69 bits per heavy atom. The van der Waals surface area contributed by atoms with Gasteiger partial charge in [0.1, 0.15) is 0 Å². The van der Waals surface area contributed by atoms with Gasteiger partial charge in [-0.1, -0.05) is 17.7 Å². The highest BCUT2D eigenvalue weighted by atomic mass is 32.2. The van der Waals surface area contributed by atoms with Crippen LogP contribution in [-0.4, -0.2) is 51.5 Å². The van der Waals surface area contributed by atoms with Gasteiger partial charge in [0.2, 0.25) is 10.0 Å².